The van der Waals surface area contributed by atoms with Gasteiger partial charge in [-0.15, -0.1) is 0 Å². The van der Waals surface area contributed by atoms with E-state index < -0.39 is 35.2 Å². The van der Waals surface area contributed by atoms with E-state index in [-0.39, 0.29) is 19.1 Å². The van der Waals surface area contributed by atoms with Gasteiger partial charge < -0.3 is 20.3 Å². The van der Waals surface area contributed by atoms with Gasteiger partial charge in [-0.25, -0.2) is 0 Å². The van der Waals surface area contributed by atoms with E-state index in [1.807, 2.05) is 30.3 Å². The lowest BCUT2D eigenvalue weighted by molar-refractivity contribution is -0.143. The average Bonchev–Trinajstić information content (AvgIpc) is 2.78. The number of fused-ring (bicyclic) bond motifs is 1. The van der Waals surface area contributed by atoms with E-state index in [0.29, 0.717) is 12.1 Å². The summed E-state index contributed by atoms with van der Waals surface area (Å²) < 4.78 is 4.76. The third kappa shape index (κ3) is 5.70. The number of hydrogen-bond acceptors (Lipinski definition) is 5. The van der Waals surface area contributed by atoms with E-state index >= 15 is 0 Å². The molecular weight excluding hydrogens is 446 g/mol. The Morgan fingerprint density at radius 1 is 1.00 bits per heavy atom. The third-order valence-electron chi connectivity index (χ3n) is 6.29. The molecule has 0 fully saturated rings. The zero-order valence-electron chi connectivity index (χ0n) is 20.9. The van der Waals surface area contributed by atoms with E-state index in [9.17, 15) is 19.2 Å². The number of hydrogen-bond donors (Lipinski definition) is 2. The van der Waals surface area contributed by atoms with Crippen LogP contribution in [0, 0.1) is 0 Å². The van der Waals surface area contributed by atoms with Gasteiger partial charge in [-0.1, -0.05) is 37.3 Å². The number of amides is 3. The second-order valence-corrected chi connectivity index (χ2v) is 9.58. The normalized spacial score (nSPS) is 18.3. The lowest BCUT2D eigenvalue weighted by Gasteiger charge is -2.51. The Kier molecular flexibility index (Phi) is 7.63. The number of carbonyl (C=O) groups is 4. The first-order valence-corrected chi connectivity index (χ1v) is 11.7. The van der Waals surface area contributed by atoms with E-state index in [0.717, 1.165) is 16.8 Å². The molecule has 0 aliphatic carbocycles. The monoisotopic (exact) mass is 479 g/mol. The first kappa shape index (κ1) is 25.9. The van der Waals surface area contributed by atoms with Crippen molar-refractivity contribution in [2.45, 2.75) is 58.4 Å². The highest BCUT2D eigenvalue weighted by atomic mass is 16.5. The summed E-state index contributed by atoms with van der Waals surface area (Å²) in [5.41, 5.74) is 2.51. The molecule has 0 aromatic heterocycles. The summed E-state index contributed by atoms with van der Waals surface area (Å²) in [6, 6.07) is 15.5. The zero-order valence-corrected chi connectivity index (χ0v) is 20.9. The summed E-state index contributed by atoms with van der Waals surface area (Å²) in [7, 11) is 0. The highest BCUT2D eigenvalue weighted by Gasteiger charge is 2.47. The van der Waals surface area contributed by atoms with Crippen molar-refractivity contribution < 1.29 is 23.9 Å². The van der Waals surface area contributed by atoms with Gasteiger partial charge in [-0.3, -0.25) is 19.2 Å². The topological polar surface area (TPSA) is 105 Å². The molecule has 2 aromatic carbocycles. The second-order valence-electron chi connectivity index (χ2n) is 9.58. The standard InChI is InChI=1S/C27H33N3O5/c1-6-35-25(34)16-28-23(32)15-24(33)29-20-12-13-22-21(14-20)27(5,19-10-8-7-9-11-19)17-26(3,4)30(22)18(2)31/h7-14H,6,15-17H2,1-5H3,(H,28,32)(H,29,33). The average molecular weight is 480 g/mol. The first-order chi connectivity index (χ1) is 16.5. The number of nitrogens with zero attached hydrogens (tertiary/aromatic N) is 1. The van der Waals surface area contributed by atoms with Crippen LogP contribution in [0.2, 0.25) is 0 Å². The van der Waals surface area contributed by atoms with Crippen LogP contribution in [0.5, 0.6) is 0 Å². The van der Waals surface area contributed by atoms with Gasteiger partial charge in [0.15, 0.2) is 0 Å². The number of anilines is 2. The molecule has 1 aliphatic rings. The Labute approximate surface area is 206 Å². The fourth-order valence-electron chi connectivity index (χ4n) is 5.07. The van der Waals surface area contributed by atoms with E-state index in [1.54, 1.807) is 24.8 Å². The van der Waals surface area contributed by atoms with Gasteiger partial charge in [0.2, 0.25) is 17.7 Å². The molecule has 0 bridgehead atoms. The van der Waals surface area contributed by atoms with Crippen molar-refractivity contribution in [2.75, 3.05) is 23.4 Å². The highest BCUT2D eigenvalue weighted by molar-refractivity contribution is 6.04. The third-order valence-corrected chi connectivity index (χ3v) is 6.29. The largest absolute Gasteiger partial charge is 0.465 e. The molecule has 8 nitrogen and oxygen atoms in total. The Morgan fingerprint density at radius 2 is 1.69 bits per heavy atom. The number of nitrogens with one attached hydrogen (secondary N) is 2. The number of ether oxygens (including phenoxy) is 1. The Morgan fingerprint density at radius 3 is 2.31 bits per heavy atom. The van der Waals surface area contributed by atoms with Gasteiger partial charge in [0.25, 0.3) is 0 Å². The van der Waals surface area contributed by atoms with Gasteiger partial charge in [0.05, 0.1) is 6.61 Å². The number of rotatable bonds is 7. The number of benzene rings is 2. The van der Waals surface area contributed by atoms with Crippen LogP contribution in [0.1, 0.15) is 58.6 Å². The maximum absolute atomic E-state index is 12.6. The van der Waals surface area contributed by atoms with Crippen molar-refractivity contribution in [3.63, 3.8) is 0 Å². The van der Waals surface area contributed by atoms with Crippen LogP contribution in [0.15, 0.2) is 48.5 Å². The smallest absolute Gasteiger partial charge is 0.325 e. The molecule has 0 saturated carbocycles. The fourth-order valence-corrected chi connectivity index (χ4v) is 5.07. The van der Waals surface area contributed by atoms with Gasteiger partial charge >= 0.3 is 5.97 Å². The number of carbonyl (C=O) groups excluding carboxylic acids is 4. The molecule has 35 heavy (non-hydrogen) atoms. The van der Waals surface area contributed by atoms with E-state index in [4.69, 9.17) is 4.74 Å². The number of esters is 1. The molecule has 1 aliphatic heterocycles. The molecular formula is C27H33N3O5. The zero-order chi connectivity index (χ0) is 25.8. The fraction of sp³-hybridized carbons (Fsp3) is 0.407. The van der Waals surface area contributed by atoms with Crippen molar-refractivity contribution >= 4 is 35.1 Å². The van der Waals surface area contributed by atoms with Crippen LogP contribution in [0.4, 0.5) is 11.4 Å². The predicted molar refractivity (Wildman–Crippen MR) is 134 cm³/mol. The van der Waals surface area contributed by atoms with Crippen LogP contribution in [0.25, 0.3) is 0 Å². The minimum atomic E-state index is -0.577. The van der Waals surface area contributed by atoms with Crippen LogP contribution in [0.3, 0.4) is 0 Å². The molecule has 8 heteroatoms. The molecule has 3 amide bonds. The maximum atomic E-state index is 12.6. The molecule has 1 unspecified atom stereocenters. The van der Waals surface area contributed by atoms with Crippen LogP contribution < -0.4 is 15.5 Å². The quantitative estimate of drug-likeness (QED) is 0.467. The minimum Gasteiger partial charge on any atom is -0.465 e. The summed E-state index contributed by atoms with van der Waals surface area (Å²) in [6.45, 7) is 9.42. The van der Waals surface area contributed by atoms with Crippen molar-refractivity contribution in [3.8, 4) is 0 Å². The lowest BCUT2D eigenvalue weighted by atomic mass is 9.65. The molecule has 0 radical (unpaired) electrons. The lowest BCUT2D eigenvalue weighted by Crippen LogP contribution is -2.55. The predicted octanol–water partition coefficient (Wildman–Crippen LogP) is 3.54. The molecule has 1 heterocycles. The van der Waals surface area contributed by atoms with Crippen molar-refractivity contribution in [1.82, 2.24) is 5.32 Å². The molecule has 2 N–H and O–H groups in total. The Hall–Kier alpha value is -3.68. The van der Waals surface area contributed by atoms with Crippen LogP contribution in [-0.4, -0.2) is 42.4 Å². The van der Waals surface area contributed by atoms with Crippen molar-refractivity contribution in [2.24, 2.45) is 0 Å². The molecule has 0 spiro atoms. The highest BCUT2D eigenvalue weighted by Crippen LogP contribution is 2.51. The summed E-state index contributed by atoms with van der Waals surface area (Å²) in [6.07, 6.45) is 0.253. The van der Waals surface area contributed by atoms with Crippen molar-refractivity contribution in [1.29, 1.82) is 0 Å². The van der Waals surface area contributed by atoms with E-state index in [2.05, 4.69) is 43.5 Å². The molecule has 3 rings (SSSR count). The van der Waals surface area contributed by atoms with E-state index in [1.165, 1.54) is 0 Å². The van der Waals surface area contributed by atoms with Crippen LogP contribution in [-0.2, 0) is 29.3 Å². The molecule has 0 saturated heterocycles. The van der Waals surface area contributed by atoms with Gasteiger partial charge in [-0.05, 0) is 56.5 Å². The Balaban J connectivity index is 1.88. The maximum Gasteiger partial charge on any atom is 0.325 e. The summed E-state index contributed by atoms with van der Waals surface area (Å²) >= 11 is 0. The van der Waals surface area contributed by atoms with Crippen LogP contribution >= 0.6 is 0 Å². The molecule has 2 aromatic rings. The van der Waals surface area contributed by atoms with Crippen molar-refractivity contribution in [3.05, 3.63) is 59.7 Å². The van der Waals surface area contributed by atoms with Gasteiger partial charge in [0.1, 0.15) is 13.0 Å². The second kappa shape index (κ2) is 10.3. The SMILES string of the molecule is CCOC(=O)CNC(=O)CC(=O)Nc1ccc2c(c1)C(C)(c1ccccc1)CC(C)(C)N2C(C)=O. The molecule has 186 valence electrons. The Bertz CT molecular complexity index is 1130. The van der Waals surface area contributed by atoms with Gasteiger partial charge in [-0.2, -0.15) is 0 Å². The summed E-state index contributed by atoms with van der Waals surface area (Å²) in [5, 5.41) is 5.15. The first-order valence-electron chi connectivity index (χ1n) is 11.7. The molecule has 1 atom stereocenters. The summed E-state index contributed by atoms with van der Waals surface area (Å²) in [5.74, 6) is -1.70. The van der Waals surface area contributed by atoms with Gasteiger partial charge in [0, 0.05) is 29.3 Å². The summed E-state index contributed by atoms with van der Waals surface area (Å²) in [4.78, 5) is 50.4. The minimum absolute atomic E-state index is 0.0542.